The van der Waals surface area contributed by atoms with E-state index in [1.165, 1.54) is 0 Å². The van der Waals surface area contributed by atoms with Gasteiger partial charge in [-0.05, 0) is 44.1 Å². The summed E-state index contributed by atoms with van der Waals surface area (Å²) in [7, 11) is 0. The van der Waals surface area contributed by atoms with Crippen LogP contribution in [-0.4, -0.2) is 35.3 Å². The van der Waals surface area contributed by atoms with Crippen molar-refractivity contribution in [2.45, 2.75) is 26.7 Å². The molecule has 4 heteroatoms. The molecule has 1 aromatic heterocycles. The van der Waals surface area contributed by atoms with Crippen LogP contribution in [-0.2, 0) is 0 Å². The molecule has 2 aromatic rings. The Bertz CT molecular complexity index is 660. The van der Waals surface area contributed by atoms with Crippen LogP contribution >= 0.6 is 0 Å². The van der Waals surface area contributed by atoms with Gasteiger partial charge in [-0.25, -0.2) is 0 Å². The largest absolute Gasteiger partial charge is 0.360 e. The van der Waals surface area contributed by atoms with Crippen LogP contribution in [0.3, 0.4) is 0 Å². The molecule has 0 radical (unpaired) electrons. The van der Waals surface area contributed by atoms with Crippen LogP contribution in [0.2, 0.25) is 0 Å². The molecular formula is C17H21N3O. The lowest BCUT2D eigenvalue weighted by molar-refractivity contribution is 0.0932. The molecule has 0 fully saturated rings. The first-order valence-electron chi connectivity index (χ1n) is 7.46. The number of nitriles is 1. The Labute approximate surface area is 125 Å². The molecule has 1 heterocycles. The fraction of sp³-hybridized carbons (Fsp3) is 0.412. The molecule has 110 valence electrons. The van der Waals surface area contributed by atoms with Gasteiger partial charge >= 0.3 is 0 Å². The summed E-state index contributed by atoms with van der Waals surface area (Å²) in [5, 5.41) is 9.84. The normalized spacial score (nSPS) is 11.0. The summed E-state index contributed by atoms with van der Waals surface area (Å²) < 4.78 is 0. The van der Waals surface area contributed by atoms with Crippen molar-refractivity contribution in [1.82, 2.24) is 9.88 Å². The predicted molar refractivity (Wildman–Crippen MR) is 84.4 cm³/mol. The van der Waals surface area contributed by atoms with E-state index in [1.54, 1.807) is 18.3 Å². The van der Waals surface area contributed by atoms with E-state index in [0.717, 1.165) is 36.8 Å². The second kappa shape index (κ2) is 7.05. The van der Waals surface area contributed by atoms with E-state index >= 15 is 0 Å². The van der Waals surface area contributed by atoms with Crippen LogP contribution in [0.15, 0.2) is 24.4 Å². The van der Waals surface area contributed by atoms with Crippen molar-refractivity contribution in [3.05, 3.63) is 35.5 Å². The minimum Gasteiger partial charge on any atom is -0.360 e. The summed E-state index contributed by atoms with van der Waals surface area (Å²) in [5.74, 6) is 0.109. The fourth-order valence-corrected chi connectivity index (χ4v) is 2.61. The van der Waals surface area contributed by atoms with Crippen LogP contribution in [0.4, 0.5) is 0 Å². The zero-order valence-electron chi connectivity index (χ0n) is 12.6. The number of nitrogens with one attached hydrogen (secondary N) is 1. The summed E-state index contributed by atoms with van der Waals surface area (Å²) >= 11 is 0. The van der Waals surface area contributed by atoms with Gasteiger partial charge in [0.1, 0.15) is 0 Å². The first kappa shape index (κ1) is 15.3. The summed E-state index contributed by atoms with van der Waals surface area (Å²) in [4.78, 5) is 17.8. The zero-order valence-corrected chi connectivity index (χ0v) is 12.6. The third-order valence-electron chi connectivity index (χ3n) is 3.56. The maximum absolute atomic E-state index is 12.5. The molecule has 1 N–H and O–H groups in total. The summed E-state index contributed by atoms with van der Waals surface area (Å²) in [5.41, 5.74) is 2.16. The van der Waals surface area contributed by atoms with Gasteiger partial charge in [0, 0.05) is 22.7 Å². The quantitative estimate of drug-likeness (QED) is 0.793. The molecule has 0 unspecified atom stereocenters. The van der Waals surface area contributed by atoms with E-state index in [-0.39, 0.29) is 5.78 Å². The summed E-state index contributed by atoms with van der Waals surface area (Å²) in [6, 6.07) is 7.51. The highest BCUT2D eigenvalue weighted by molar-refractivity contribution is 6.09. The van der Waals surface area contributed by atoms with Gasteiger partial charge < -0.3 is 4.98 Å². The number of ketones is 1. The van der Waals surface area contributed by atoms with Crippen molar-refractivity contribution in [3.63, 3.8) is 0 Å². The fourth-order valence-electron chi connectivity index (χ4n) is 2.61. The van der Waals surface area contributed by atoms with Gasteiger partial charge in [-0.1, -0.05) is 13.8 Å². The molecule has 2 rings (SSSR count). The molecule has 0 saturated heterocycles. The van der Waals surface area contributed by atoms with E-state index in [4.69, 9.17) is 5.26 Å². The van der Waals surface area contributed by atoms with Gasteiger partial charge in [0.05, 0.1) is 18.2 Å². The molecule has 0 spiro atoms. The molecule has 0 bridgehead atoms. The van der Waals surface area contributed by atoms with Crippen molar-refractivity contribution >= 4 is 16.7 Å². The molecule has 0 amide bonds. The topological polar surface area (TPSA) is 59.9 Å². The number of fused-ring (bicyclic) bond motifs is 1. The lowest BCUT2D eigenvalue weighted by atomic mass is 10.1. The number of rotatable bonds is 7. The standard InChI is InChI=1S/C17H21N3O/c1-3-7-20(8-4-2)12-17(21)15-11-19-16-6-5-13(10-18)9-14(15)16/h5-6,9,11,19H,3-4,7-8,12H2,1-2H3. The molecule has 0 aliphatic carbocycles. The second-order valence-electron chi connectivity index (χ2n) is 5.27. The minimum atomic E-state index is 0.109. The highest BCUT2D eigenvalue weighted by Crippen LogP contribution is 2.20. The highest BCUT2D eigenvalue weighted by atomic mass is 16.1. The second-order valence-corrected chi connectivity index (χ2v) is 5.27. The molecule has 0 saturated carbocycles. The number of Topliss-reactive ketones (excluding diaryl/α,β-unsaturated/α-hetero) is 1. The van der Waals surface area contributed by atoms with E-state index in [1.807, 2.05) is 6.07 Å². The van der Waals surface area contributed by atoms with E-state index < -0.39 is 0 Å². The highest BCUT2D eigenvalue weighted by Gasteiger charge is 2.15. The van der Waals surface area contributed by atoms with E-state index in [9.17, 15) is 4.79 Å². The Morgan fingerprint density at radius 1 is 1.29 bits per heavy atom. The maximum atomic E-state index is 12.5. The Balaban J connectivity index is 2.24. The molecule has 0 aliphatic heterocycles. The van der Waals surface area contributed by atoms with Crippen molar-refractivity contribution in [1.29, 1.82) is 5.26 Å². The molecule has 1 aromatic carbocycles. The number of aromatic amines is 1. The van der Waals surface area contributed by atoms with Crippen LogP contribution in [0.5, 0.6) is 0 Å². The van der Waals surface area contributed by atoms with Gasteiger partial charge in [-0.3, -0.25) is 9.69 Å². The Morgan fingerprint density at radius 3 is 2.62 bits per heavy atom. The number of carbonyl (C=O) groups excluding carboxylic acids is 1. The Kier molecular flexibility index (Phi) is 5.13. The summed E-state index contributed by atoms with van der Waals surface area (Å²) in [6.07, 6.45) is 3.84. The third kappa shape index (κ3) is 3.50. The molecule has 0 aliphatic rings. The third-order valence-corrected chi connectivity index (χ3v) is 3.56. The van der Waals surface area contributed by atoms with Crippen molar-refractivity contribution in [3.8, 4) is 6.07 Å². The smallest absolute Gasteiger partial charge is 0.178 e. The number of hydrogen-bond donors (Lipinski definition) is 1. The van der Waals surface area contributed by atoms with Crippen LogP contribution in [0, 0.1) is 11.3 Å². The Hall–Kier alpha value is -2.12. The Morgan fingerprint density at radius 2 is 2.00 bits per heavy atom. The van der Waals surface area contributed by atoms with Crippen molar-refractivity contribution < 1.29 is 4.79 Å². The number of nitrogens with zero attached hydrogens (tertiary/aromatic N) is 2. The van der Waals surface area contributed by atoms with Gasteiger partial charge in [-0.2, -0.15) is 5.26 Å². The van der Waals surface area contributed by atoms with Gasteiger partial charge in [0.25, 0.3) is 0 Å². The summed E-state index contributed by atoms with van der Waals surface area (Å²) in [6.45, 7) is 6.55. The number of hydrogen-bond acceptors (Lipinski definition) is 3. The average Bonchev–Trinajstić information content (AvgIpc) is 2.90. The molecular weight excluding hydrogens is 262 g/mol. The number of aromatic nitrogens is 1. The van der Waals surface area contributed by atoms with Gasteiger partial charge in [0.15, 0.2) is 5.78 Å². The minimum absolute atomic E-state index is 0.109. The average molecular weight is 283 g/mol. The van der Waals surface area contributed by atoms with E-state index in [0.29, 0.717) is 17.7 Å². The number of carbonyl (C=O) groups is 1. The van der Waals surface area contributed by atoms with Gasteiger partial charge in [-0.15, -0.1) is 0 Å². The predicted octanol–water partition coefficient (Wildman–Crippen LogP) is 3.34. The zero-order chi connectivity index (χ0) is 15.2. The molecule has 4 nitrogen and oxygen atoms in total. The van der Waals surface area contributed by atoms with Crippen LogP contribution < -0.4 is 0 Å². The number of H-pyrrole nitrogens is 1. The molecule has 0 atom stereocenters. The lowest BCUT2D eigenvalue weighted by Crippen LogP contribution is -2.31. The number of benzene rings is 1. The maximum Gasteiger partial charge on any atom is 0.178 e. The van der Waals surface area contributed by atoms with E-state index in [2.05, 4.69) is 29.8 Å². The first-order valence-corrected chi connectivity index (χ1v) is 7.46. The van der Waals surface area contributed by atoms with Crippen LogP contribution in [0.1, 0.15) is 42.6 Å². The van der Waals surface area contributed by atoms with Crippen LogP contribution in [0.25, 0.3) is 10.9 Å². The SMILES string of the molecule is CCCN(CCC)CC(=O)c1c[nH]c2ccc(C#N)cc12. The van der Waals surface area contributed by atoms with Crippen molar-refractivity contribution in [2.75, 3.05) is 19.6 Å². The molecule has 21 heavy (non-hydrogen) atoms. The lowest BCUT2D eigenvalue weighted by Gasteiger charge is -2.19. The van der Waals surface area contributed by atoms with Gasteiger partial charge in [0.2, 0.25) is 0 Å². The first-order chi connectivity index (χ1) is 10.2. The van der Waals surface area contributed by atoms with Crippen molar-refractivity contribution in [2.24, 2.45) is 0 Å². The monoisotopic (exact) mass is 283 g/mol.